The Labute approximate surface area is 166 Å². The first-order chi connectivity index (χ1) is 13.5. The van der Waals surface area contributed by atoms with Crippen LogP contribution in [0.3, 0.4) is 0 Å². The maximum Gasteiger partial charge on any atom is 0.151 e. The molecule has 144 valence electrons. The number of aliphatic hydroxyl groups excluding tert-OH is 1. The second kappa shape index (κ2) is 7.66. The summed E-state index contributed by atoms with van der Waals surface area (Å²) in [7, 11) is 0. The van der Waals surface area contributed by atoms with Gasteiger partial charge in [0.15, 0.2) is 6.10 Å². The predicted molar refractivity (Wildman–Crippen MR) is 108 cm³/mol. The fourth-order valence-corrected chi connectivity index (χ4v) is 4.70. The van der Waals surface area contributed by atoms with Crippen LogP contribution in [0.4, 0.5) is 0 Å². The van der Waals surface area contributed by atoms with Gasteiger partial charge in [0, 0.05) is 17.9 Å². The van der Waals surface area contributed by atoms with Gasteiger partial charge in [0.05, 0.1) is 10.8 Å². The van der Waals surface area contributed by atoms with E-state index in [0.29, 0.717) is 22.6 Å². The maximum atomic E-state index is 11.1. The summed E-state index contributed by atoms with van der Waals surface area (Å²) >= 11 is 1.50. The van der Waals surface area contributed by atoms with Crippen molar-refractivity contribution >= 4 is 11.8 Å². The normalized spacial score (nSPS) is 21.0. The first-order valence-electron chi connectivity index (χ1n) is 8.88. The van der Waals surface area contributed by atoms with E-state index in [1.807, 2.05) is 30.3 Å². The van der Waals surface area contributed by atoms with Crippen LogP contribution in [0.2, 0.25) is 0 Å². The Morgan fingerprint density at radius 3 is 2.29 bits per heavy atom. The third kappa shape index (κ3) is 3.61. The predicted octanol–water partition coefficient (Wildman–Crippen LogP) is 4.27. The fourth-order valence-electron chi connectivity index (χ4n) is 3.39. The average molecular weight is 396 g/mol. The van der Waals surface area contributed by atoms with Crippen molar-refractivity contribution in [2.75, 3.05) is 0 Å². The van der Waals surface area contributed by atoms with Crippen molar-refractivity contribution in [3.63, 3.8) is 0 Å². The third-order valence-corrected chi connectivity index (χ3v) is 6.13. The summed E-state index contributed by atoms with van der Waals surface area (Å²) in [6.07, 6.45) is -1.62. The number of hydrogen-bond acceptors (Lipinski definition) is 6. The second-order valence-corrected chi connectivity index (χ2v) is 7.84. The number of benzene rings is 3. The number of fused-ring (bicyclic) bond motifs is 1. The monoisotopic (exact) mass is 396 g/mol. The molecule has 0 aliphatic carbocycles. The Balaban J connectivity index is 1.70. The number of ether oxygens (including phenoxy) is 1. The van der Waals surface area contributed by atoms with Crippen LogP contribution < -0.4 is 4.74 Å². The molecule has 6 heteroatoms. The van der Waals surface area contributed by atoms with Gasteiger partial charge in [0.1, 0.15) is 29.1 Å². The number of thioether (sulfide) groups is 1. The zero-order valence-electron chi connectivity index (χ0n) is 14.9. The number of rotatable bonds is 4. The van der Waals surface area contributed by atoms with Crippen LogP contribution in [0.5, 0.6) is 23.0 Å². The van der Waals surface area contributed by atoms with Gasteiger partial charge in [0.2, 0.25) is 0 Å². The summed E-state index contributed by atoms with van der Waals surface area (Å²) in [5.74, 6) is 0.892. The summed E-state index contributed by atoms with van der Waals surface area (Å²) in [6, 6.07) is 19.0. The first kappa shape index (κ1) is 18.5. The van der Waals surface area contributed by atoms with Gasteiger partial charge in [-0.1, -0.05) is 42.5 Å². The van der Waals surface area contributed by atoms with Crippen molar-refractivity contribution in [1.29, 1.82) is 0 Å². The Morgan fingerprint density at radius 1 is 0.857 bits per heavy atom. The van der Waals surface area contributed by atoms with E-state index in [1.54, 1.807) is 12.1 Å². The highest BCUT2D eigenvalue weighted by molar-refractivity contribution is 7.98. The van der Waals surface area contributed by atoms with Crippen molar-refractivity contribution < 1.29 is 25.2 Å². The van der Waals surface area contributed by atoms with Crippen LogP contribution in [-0.4, -0.2) is 26.5 Å². The Kier molecular flexibility index (Phi) is 5.07. The van der Waals surface area contributed by atoms with Crippen LogP contribution >= 0.6 is 11.8 Å². The zero-order chi connectivity index (χ0) is 19.7. The summed E-state index contributed by atoms with van der Waals surface area (Å²) in [5, 5.41) is 40.5. The molecule has 1 aliphatic rings. The Bertz CT molecular complexity index is 959. The van der Waals surface area contributed by atoms with Crippen LogP contribution in [0, 0.1) is 0 Å². The SMILES string of the molecule is Oc1ccc([C@H]2Oc3cc(O)cc(O)c3C(SCc3ccccc3)[C@H]2O)cc1. The molecule has 4 rings (SSSR count). The van der Waals surface area contributed by atoms with E-state index in [0.717, 1.165) is 5.56 Å². The summed E-state index contributed by atoms with van der Waals surface area (Å²) in [4.78, 5) is 0. The summed E-state index contributed by atoms with van der Waals surface area (Å²) in [6.45, 7) is 0. The minimum absolute atomic E-state index is 0.107. The number of hydrogen-bond donors (Lipinski definition) is 4. The van der Waals surface area contributed by atoms with Gasteiger partial charge in [-0.3, -0.25) is 0 Å². The molecule has 0 bridgehead atoms. The van der Waals surface area contributed by atoms with E-state index in [2.05, 4.69) is 0 Å². The minimum atomic E-state index is -0.929. The molecular weight excluding hydrogens is 376 g/mol. The van der Waals surface area contributed by atoms with E-state index in [9.17, 15) is 20.4 Å². The van der Waals surface area contributed by atoms with E-state index >= 15 is 0 Å². The van der Waals surface area contributed by atoms with Crippen LogP contribution in [0.15, 0.2) is 66.7 Å². The van der Waals surface area contributed by atoms with Gasteiger partial charge in [-0.15, -0.1) is 11.8 Å². The first-order valence-corrected chi connectivity index (χ1v) is 9.93. The number of phenolic OH excluding ortho intramolecular Hbond substituents is 3. The van der Waals surface area contributed by atoms with Crippen LogP contribution in [0.25, 0.3) is 0 Å². The molecule has 3 aromatic carbocycles. The molecule has 1 aliphatic heterocycles. The second-order valence-electron chi connectivity index (χ2n) is 6.71. The lowest BCUT2D eigenvalue weighted by molar-refractivity contribution is 0.0175. The van der Waals surface area contributed by atoms with Crippen LogP contribution in [-0.2, 0) is 5.75 Å². The molecule has 0 spiro atoms. The molecule has 0 saturated carbocycles. The van der Waals surface area contributed by atoms with Gasteiger partial charge in [0.25, 0.3) is 0 Å². The van der Waals surface area contributed by atoms with Gasteiger partial charge in [-0.2, -0.15) is 0 Å². The van der Waals surface area contributed by atoms with Crippen molar-refractivity contribution in [2.45, 2.75) is 23.2 Å². The lowest BCUT2D eigenvalue weighted by Gasteiger charge is -2.37. The Morgan fingerprint density at radius 2 is 1.57 bits per heavy atom. The number of phenols is 3. The molecule has 4 N–H and O–H groups in total. The zero-order valence-corrected chi connectivity index (χ0v) is 15.7. The molecule has 3 atom stereocenters. The van der Waals surface area contributed by atoms with Gasteiger partial charge >= 0.3 is 0 Å². The molecule has 0 aromatic heterocycles. The summed E-state index contributed by atoms with van der Waals surface area (Å²) < 4.78 is 5.95. The van der Waals surface area contributed by atoms with Gasteiger partial charge in [-0.05, 0) is 23.3 Å². The third-order valence-electron chi connectivity index (χ3n) is 4.76. The van der Waals surface area contributed by atoms with Crippen LogP contribution in [0.1, 0.15) is 28.0 Å². The topological polar surface area (TPSA) is 90.2 Å². The highest BCUT2D eigenvalue weighted by atomic mass is 32.2. The lowest BCUT2D eigenvalue weighted by atomic mass is 9.93. The standard InChI is InChI=1S/C22H20O5S/c23-15-8-6-14(7-9-15)21-20(26)22(28-12-13-4-2-1-3-5-13)19-17(25)10-16(24)11-18(19)27-21/h1-11,20-26H,12H2/t20-,21+,22?/m0/s1. The molecular formula is C22H20O5S. The minimum Gasteiger partial charge on any atom is -0.508 e. The molecule has 3 aromatic rings. The molecule has 28 heavy (non-hydrogen) atoms. The average Bonchev–Trinajstić information content (AvgIpc) is 2.68. The van der Waals surface area contributed by atoms with Crippen molar-refractivity contribution in [2.24, 2.45) is 0 Å². The van der Waals surface area contributed by atoms with E-state index in [-0.39, 0.29) is 17.2 Å². The van der Waals surface area contributed by atoms with E-state index in [4.69, 9.17) is 4.74 Å². The quantitative estimate of drug-likeness (QED) is 0.527. The highest BCUT2D eigenvalue weighted by Crippen LogP contribution is 2.52. The largest absolute Gasteiger partial charge is 0.508 e. The van der Waals surface area contributed by atoms with Gasteiger partial charge in [-0.25, -0.2) is 0 Å². The molecule has 5 nitrogen and oxygen atoms in total. The van der Waals surface area contributed by atoms with Crippen molar-refractivity contribution in [3.8, 4) is 23.0 Å². The fraction of sp³-hybridized carbons (Fsp3) is 0.182. The lowest BCUT2D eigenvalue weighted by Crippen LogP contribution is -2.33. The number of aliphatic hydroxyl groups is 1. The van der Waals surface area contributed by atoms with E-state index < -0.39 is 17.5 Å². The molecule has 1 unspecified atom stereocenters. The van der Waals surface area contributed by atoms with Crippen molar-refractivity contribution in [3.05, 3.63) is 83.4 Å². The number of aromatic hydroxyl groups is 3. The molecule has 0 amide bonds. The molecule has 0 saturated heterocycles. The molecule has 1 heterocycles. The molecule has 0 radical (unpaired) electrons. The van der Waals surface area contributed by atoms with Gasteiger partial charge < -0.3 is 25.2 Å². The smallest absolute Gasteiger partial charge is 0.151 e. The highest BCUT2D eigenvalue weighted by Gasteiger charge is 2.40. The Hall–Kier alpha value is -2.83. The molecule has 0 fully saturated rings. The van der Waals surface area contributed by atoms with E-state index in [1.165, 1.54) is 36.0 Å². The summed E-state index contributed by atoms with van der Waals surface area (Å²) in [5.41, 5.74) is 2.28. The maximum absolute atomic E-state index is 11.1. The van der Waals surface area contributed by atoms with Crippen molar-refractivity contribution in [1.82, 2.24) is 0 Å².